The first-order valence-corrected chi connectivity index (χ1v) is 30.2. The van der Waals surface area contributed by atoms with Crippen LogP contribution in [0.3, 0.4) is 0 Å². The number of nitriles is 2. The molecular formula is C61H60N14O9S2. The zero-order chi connectivity index (χ0) is 61.9. The Morgan fingerprint density at radius 3 is 1.66 bits per heavy atom. The van der Waals surface area contributed by atoms with Gasteiger partial charge in [-0.05, 0) is 166 Å². The Morgan fingerprint density at radius 2 is 1.12 bits per heavy atom. The van der Waals surface area contributed by atoms with Crippen molar-refractivity contribution in [3.05, 3.63) is 182 Å². The summed E-state index contributed by atoms with van der Waals surface area (Å²) in [7, 11) is -6.65. The molecule has 0 unspecified atom stereocenters. The lowest BCUT2D eigenvalue weighted by atomic mass is 9.98. The minimum atomic E-state index is -4.32. The highest BCUT2D eigenvalue weighted by Gasteiger charge is 2.26. The number of methoxy groups -OCH3 is 1. The number of urea groups is 1. The van der Waals surface area contributed by atoms with Gasteiger partial charge in [0.1, 0.15) is 23.5 Å². The predicted molar refractivity (Wildman–Crippen MR) is 322 cm³/mol. The molecule has 3 aromatic carbocycles. The van der Waals surface area contributed by atoms with Gasteiger partial charge < -0.3 is 24.9 Å². The number of carbonyl (C=O) groups excluding carboxylic acids is 2. The van der Waals surface area contributed by atoms with Crippen LogP contribution in [0.2, 0.25) is 0 Å². The first-order chi connectivity index (χ1) is 41.1. The summed E-state index contributed by atoms with van der Waals surface area (Å²) in [5, 5.41) is 24.7. The van der Waals surface area contributed by atoms with Crippen LogP contribution >= 0.6 is 0 Å². The maximum atomic E-state index is 12.9. The summed E-state index contributed by atoms with van der Waals surface area (Å²) in [6.07, 6.45) is 19.6. The fraction of sp³-hybridized carbons (Fsp3) is 0.262. The van der Waals surface area contributed by atoms with Crippen molar-refractivity contribution in [2.24, 2.45) is 10.1 Å². The molecular weight excluding hydrogens is 1140 g/mol. The number of nitrogen functional groups attached to an aromatic ring is 1. The van der Waals surface area contributed by atoms with E-state index in [1.54, 1.807) is 76.6 Å². The van der Waals surface area contributed by atoms with Gasteiger partial charge in [0.15, 0.2) is 10.1 Å². The monoisotopic (exact) mass is 1200 g/mol. The molecule has 25 heteroatoms. The summed E-state index contributed by atoms with van der Waals surface area (Å²) in [5.74, 6) is 0.419. The number of fused-ring (bicyclic) bond motifs is 3. The SMILES string of the molecule is CC(C)n1cc(S(N)(=O)=O)ncc1=O.COc1cc(-c2ccc3c(c2NC(=O)NS(=O)(=O)c2cn(C(C)C)c(=O)cn2)CCC3)ccn1.N#Cc1cc(-c2ccc3c(c2N)CCC3)ccn1.N#Cc1cc(-c2ccc3c(c2N=C=O)CCC3)ccn1. The lowest BCUT2D eigenvalue weighted by Crippen LogP contribution is -2.36. The molecule has 5 aromatic heterocycles. The summed E-state index contributed by atoms with van der Waals surface area (Å²) in [4.78, 5) is 69.8. The maximum Gasteiger partial charge on any atom is 0.333 e. The van der Waals surface area contributed by atoms with E-state index >= 15 is 0 Å². The van der Waals surface area contributed by atoms with Crippen LogP contribution in [0.4, 0.5) is 21.9 Å². The molecule has 3 aliphatic rings. The number of nitrogens with two attached hydrogens (primary N) is 2. The molecule has 0 fully saturated rings. The molecule has 3 aliphatic carbocycles. The van der Waals surface area contributed by atoms with Crippen molar-refractivity contribution in [1.29, 1.82) is 10.5 Å². The van der Waals surface area contributed by atoms with Gasteiger partial charge in [-0.2, -0.15) is 23.9 Å². The Bertz CT molecular complexity index is 4410. The minimum absolute atomic E-state index is 0.133. The van der Waals surface area contributed by atoms with E-state index in [-0.39, 0.29) is 22.7 Å². The van der Waals surface area contributed by atoms with Crippen LogP contribution in [0.15, 0.2) is 141 Å². The number of aromatic nitrogens is 7. The largest absolute Gasteiger partial charge is 0.481 e. The van der Waals surface area contributed by atoms with Crippen molar-refractivity contribution in [3.8, 4) is 51.4 Å². The molecule has 11 rings (SSSR count). The van der Waals surface area contributed by atoms with Crippen molar-refractivity contribution in [1.82, 2.24) is 38.8 Å². The minimum Gasteiger partial charge on any atom is -0.481 e. The van der Waals surface area contributed by atoms with Crippen molar-refractivity contribution >= 4 is 49.2 Å². The third kappa shape index (κ3) is 14.5. The Balaban J connectivity index is 0.000000158. The van der Waals surface area contributed by atoms with Crippen molar-refractivity contribution < 1.29 is 31.2 Å². The summed E-state index contributed by atoms with van der Waals surface area (Å²) in [6, 6.07) is 25.6. The molecule has 0 spiro atoms. The number of nitrogens with one attached hydrogen (secondary N) is 2. The molecule has 0 atom stereocenters. The number of amides is 2. The van der Waals surface area contributed by atoms with Crippen LogP contribution < -0.4 is 36.8 Å². The Morgan fingerprint density at radius 1 is 0.640 bits per heavy atom. The van der Waals surface area contributed by atoms with Crippen LogP contribution in [0.25, 0.3) is 33.4 Å². The zero-order valence-electron chi connectivity index (χ0n) is 47.6. The van der Waals surface area contributed by atoms with E-state index < -0.39 is 36.7 Å². The number of sulfonamides is 2. The van der Waals surface area contributed by atoms with Crippen LogP contribution in [0.5, 0.6) is 5.88 Å². The van der Waals surface area contributed by atoms with E-state index in [9.17, 15) is 36.0 Å². The zero-order valence-corrected chi connectivity index (χ0v) is 49.2. The topological polar surface area (TPSA) is 356 Å². The van der Waals surface area contributed by atoms with Gasteiger partial charge in [0.25, 0.3) is 31.2 Å². The summed E-state index contributed by atoms with van der Waals surface area (Å²) < 4.78 is 57.2. The number of hydrogen-bond donors (Lipinski definition) is 4. The third-order valence-electron chi connectivity index (χ3n) is 14.4. The number of primary sulfonamides is 1. The number of rotatable bonds is 11. The van der Waals surface area contributed by atoms with E-state index in [0.717, 1.165) is 132 Å². The number of anilines is 2. The number of isocyanates is 1. The number of aliphatic imine (C=N–C) groups is 1. The number of hydrogen-bond acceptors (Lipinski definition) is 18. The van der Waals surface area contributed by atoms with Gasteiger partial charge in [-0.25, -0.2) is 52.8 Å². The van der Waals surface area contributed by atoms with Gasteiger partial charge in [-0.15, -0.1) is 0 Å². The first-order valence-electron chi connectivity index (χ1n) is 27.2. The number of nitrogens with zero attached hydrogens (tertiary/aromatic N) is 10. The number of carbonyl (C=O) groups is 1. The Kier molecular flexibility index (Phi) is 19.6. The average molecular weight is 1200 g/mol. The Labute approximate surface area is 496 Å². The third-order valence-corrected chi connectivity index (χ3v) is 16.4. The van der Waals surface area contributed by atoms with Gasteiger partial charge in [0, 0.05) is 71.5 Å². The smallest absolute Gasteiger partial charge is 0.333 e. The fourth-order valence-corrected chi connectivity index (χ4v) is 11.6. The molecule has 23 nitrogen and oxygen atoms in total. The van der Waals surface area contributed by atoms with Gasteiger partial charge in [0.2, 0.25) is 12.0 Å². The second-order valence-corrected chi connectivity index (χ2v) is 23.7. The van der Waals surface area contributed by atoms with E-state index in [4.69, 9.17) is 26.1 Å². The number of aryl methyl sites for hydroxylation is 3. The summed E-state index contributed by atoms with van der Waals surface area (Å²) in [5.41, 5.74) is 20.6. The summed E-state index contributed by atoms with van der Waals surface area (Å²) in [6.45, 7) is 7.00. The molecule has 0 radical (unpaired) electrons. The van der Waals surface area contributed by atoms with E-state index in [2.05, 4.69) is 59.5 Å². The quantitative estimate of drug-likeness (QED) is 0.0539. The fourth-order valence-electron chi connectivity index (χ4n) is 10.3. The van der Waals surface area contributed by atoms with Crippen molar-refractivity contribution in [2.75, 3.05) is 18.2 Å². The van der Waals surface area contributed by atoms with Gasteiger partial charge >= 0.3 is 6.03 Å². The standard InChI is InChI=1S/C23H25N5O5S.C16H11N3O.C15H13N3.C7H11N3O3S/c1-14(2)28-13-20(25-12-21(28)29)34(31,32)27-23(30)26-22-17-6-4-5-15(17)7-8-18(22)16-9-10-24-19(11-16)33-3;17-9-13-8-12(6-7-18-13)15-5-4-11-2-1-3-14(11)16(15)19-10-20;16-9-12-8-11(6-7-18-12)14-5-4-10-2-1-3-13(10)15(14)17;1-5(2)10-4-6(14(8,12)13)9-3-7(10)11/h7-14H,4-6H2,1-3H3,(H2,26,27,30);4-8H,1-3H2;4-8H,1-3,17H2;3-5H,1-2H3,(H2,8,12,13). The second-order valence-electron chi connectivity index (χ2n) is 20.6. The van der Waals surface area contributed by atoms with E-state index in [1.807, 2.05) is 41.1 Å². The molecule has 6 N–H and O–H groups in total. The van der Waals surface area contributed by atoms with Crippen LogP contribution in [-0.2, 0) is 63.4 Å². The number of benzene rings is 3. The van der Waals surface area contributed by atoms with E-state index in [1.165, 1.54) is 39.4 Å². The molecule has 2 amide bonds. The highest BCUT2D eigenvalue weighted by Crippen LogP contribution is 2.41. The maximum absolute atomic E-state index is 12.9. The van der Waals surface area contributed by atoms with Crippen LogP contribution in [0, 0.1) is 22.7 Å². The Hall–Kier alpha value is -10.0. The molecule has 0 saturated heterocycles. The molecule has 0 bridgehead atoms. The normalized spacial score (nSPS) is 12.7. The first kappa shape index (κ1) is 62.0. The van der Waals surface area contributed by atoms with Crippen molar-refractivity contribution in [2.45, 2.75) is 108 Å². The van der Waals surface area contributed by atoms with Crippen molar-refractivity contribution in [3.63, 3.8) is 0 Å². The van der Waals surface area contributed by atoms with Crippen LogP contribution in [0.1, 0.15) is 104 Å². The number of ether oxygens (including phenoxy) is 1. The van der Waals surface area contributed by atoms with E-state index in [0.29, 0.717) is 28.6 Å². The predicted octanol–water partition coefficient (Wildman–Crippen LogP) is 8.13. The molecule has 440 valence electrons. The lowest BCUT2D eigenvalue weighted by molar-refractivity contribution is 0.256. The average Bonchev–Trinajstić information content (AvgIpc) is 2.42. The molecule has 8 aromatic rings. The molecule has 0 saturated carbocycles. The van der Waals surface area contributed by atoms with Gasteiger partial charge in [-0.3, -0.25) is 9.59 Å². The highest BCUT2D eigenvalue weighted by molar-refractivity contribution is 7.90. The molecule has 5 heterocycles. The van der Waals surface area contributed by atoms with Crippen LogP contribution in [-0.4, -0.2) is 70.1 Å². The second kappa shape index (κ2) is 27.1. The molecule has 86 heavy (non-hydrogen) atoms. The molecule has 0 aliphatic heterocycles. The lowest BCUT2D eigenvalue weighted by Gasteiger charge is -2.17. The van der Waals surface area contributed by atoms with Gasteiger partial charge in [-0.1, -0.05) is 36.4 Å². The summed E-state index contributed by atoms with van der Waals surface area (Å²) >= 11 is 0. The number of pyridine rings is 3. The van der Waals surface area contributed by atoms with Gasteiger partial charge in [0.05, 0.1) is 30.9 Å². The highest BCUT2D eigenvalue weighted by atomic mass is 32.2.